The Morgan fingerprint density at radius 1 is 1.48 bits per heavy atom. The maximum Gasteiger partial charge on any atom is 0.222 e. The fourth-order valence-corrected chi connectivity index (χ4v) is 3.53. The minimum atomic E-state index is -0.196. The number of amides is 1. The fourth-order valence-electron chi connectivity index (χ4n) is 3.53. The van der Waals surface area contributed by atoms with Crippen molar-refractivity contribution in [2.75, 3.05) is 33.3 Å². The summed E-state index contributed by atoms with van der Waals surface area (Å²) in [4.78, 5) is 16.9. The van der Waals surface area contributed by atoms with Crippen molar-refractivity contribution < 1.29 is 14.6 Å². The lowest BCUT2D eigenvalue weighted by Crippen LogP contribution is -2.47. The zero-order valence-corrected chi connectivity index (χ0v) is 17.2. The molecule has 1 aromatic heterocycles. The van der Waals surface area contributed by atoms with E-state index < -0.39 is 0 Å². The molecule has 3 atom stereocenters. The van der Waals surface area contributed by atoms with Crippen molar-refractivity contribution >= 4 is 5.91 Å². The van der Waals surface area contributed by atoms with Crippen LogP contribution in [0.15, 0.2) is 6.20 Å². The number of nitrogens with zero attached hydrogens (tertiary/aromatic N) is 5. The summed E-state index contributed by atoms with van der Waals surface area (Å²) in [6.07, 6.45) is 3.94. The van der Waals surface area contributed by atoms with Gasteiger partial charge in [0.15, 0.2) is 0 Å². The van der Waals surface area contributed by atoms with Gasteiger partial charge < -0.3 is 19.6 Å². The molecule has 1 aromatic rings. The third-order valence-electron chi connectivity index (χ3n) is 5.24. The van der Waals surface area contributed by atoms with E-state index in [1.807, 2.05) is 16.5 Å². The second kappa shape index (κ2) is 10.7. The number of aliphatic hydroxyl groups excluding tert-OH is 1. The second-order valence-corrected chi connectivity index (χ2v) is 7.72. The van der Waals surface area contributed by atoms with Gasteiger partial charge in [0.2, 0.25) is 5.91 Å². The number of aromatic nitrogens is 3. The Morgan fingerprint density at radius 3 is 2.96 bits per heavy atom. The molecular formula is C19H35N5O3. The summed E-state index contributed by atoms with van der Waals surface area (Å²) in [6.45, 7) is 9.63. The van der Waals surface area contributed by atoms with Gasteiger partial charge in [0, 0.05) is 32.0 Å². The molecule has 0 saturated carbocycles. The lowest BCUT2D eigenvalue weighted by Gasteiger charge is -2.35. The molecule has 8 nitrogen and oxygen atoms in total. The van der Waals surface area contributed by atoms with Gasteiger partial charge in [-0.1, -0.05) is 19.1 Å². The van der Waals surface area contributed by atoms with Crippen molar-refractivity contribution in [2.24, 2.45) is 5.92 Å². The maximum absolute atomic E-state index is 12.8. The number of hydrogen-bond donors (Lipinski definition) is 1. The monoisotopic (exact) mass is 381 g/mol. The van der Waals surface area contributed by atoms with Gasteiger partial charge in [-0.3, -0.25) is 4.79 Å². The van der Waals surface area contributed by atoms with Crippen LogP contribution in [0, 0.1) is 5.92 Å². The summed E-state index contributed by atoms with van der Waals surface area (Å²) in [5, 5.41) is 17.7. The summed E-state index contributed by atoms with van der Waals surface area (Å²) in [5.74, 6) is 0.220. The minimum Gasteiger partial charge on any atom is -0.394 e. The molecule has 8 heteroatoms. The number of fused-ring (bicyclic) bond motifs is 1. The molecule has 1 amide bonds. The lowest BCUT2D eigenvalue weighted by molar-refractivity contribution is -0.136. The molecule has 0 aliphatic carbocycles. The standard InChI is InChI=1S/C19H35N5O3/c1-5-8-22(4)12-18-15(2)11-23(16(3)13-25)19(26)7-6-9-24-17(14-27-18)10-20-21-24/h10,15-16,18,25H,5-9,11-14H2,1-4H3/t15-,16+,18+/m0/s1. The normalized spacial score (nSPS) is 23.6. The Hall–Kier alpha value is -1.51. The molecule has 0 aromatic carbocycles. The lowest BCUT2D eigenvalue weighted by atomic mass is 10.0. The molecule has 2 heterocycles. The van der Waals surface area contributed by atoms with E-state index >= 15 is 0 Å². The number of rotatable bonds is 6. The fraction of sp³-hybridized carbons (Fsp3) is 0.842. The molecule has 2 rings (SSSR count). The Bertz CT molecular complexity index is 579. The van der Waals surface area contributed by atoms with Gasteiger partial charge in [-0.05, 0) is 33.4 Å². The number of aryl methyl sites for hydroxylation is 1. The Balaban J connectivity index is 2.21. The summed E-state index contributed by atoms with van der Waals surface area (Å²) < 4.78 is 8.11. The molecule has 1 aliphatic rings. The van der Waals surface area contributed by atoms with Crippen LogP contribution in [0.2, 0.25) is 0 Å². The van der Waals surface area contributed by atoms with Gasteiger partial charge in [-0.25, -0.2) is 4.68 Å². The van der Waals surface area contributed by atoms with Gasteiger partial charge in [0.05, 0.1) is 37.3 Å². The predicted octanol–water partition coefficient (Wildman–Crippen LogP) is 1.14. The van der Waals surface area contributed by atoms with Crippen molar-refractivity contribution in [3.63, 3.8) is 0 Å². The van der Waals surface area contributed by atoms with Crippen LogP contribution in [-0.4, -0.2) is 81.2 Å². The summed E-state index contributed by atoms with van der Waals surface area (Å²) in [6, 6.07) is -0.196. The maximum atomic E-state index is 12.8. The molecular weight excluding hydrogens is 346 g/mol. The first-order chi connectivity index (χ1) is 13.0. The summed E-state index contributed by atoms with van der Waals surface area (Å²) in [5.41, 5.74) is 0.943. The van der Waals surface area contributed by atoms with Gasteiger partial charge >= 0.3 is 0 Å². The largest absolute Gasteiger partial charge is 0.394 e. The minimum absolute atomic E-state index is 0.0227. The third kappa shape index (κ3) is 6.26. The first-order valence-corrected chi connectivity index (χ1v) is 10.0. The van der Waals surface area contributed by atoms with E-state index in [9.17, 15) is 9.90 Å². The van der Waals surface area contributed by atoms with Crippen molar-refractivity contribution in [3.05, 3.63) is 11.9 Å². The Labute approximate surface area is 162 Å². The highest BCUT2D eigenvalue weighted by atomic mass is 16.5. The molecule has 0 bridgehead atoms. The van der Waals surface area contributed by atoms with Gasteiger partial charge in [-0.15, -0.1) is 5.10 Å². The van der Waals surface area contributed by atoms with E-state index in [2.05, 4.69) is 36.1 Å². The van der Waals surface area contributed by atoms with Crippen molar-refractivity contribution in [3.8, 4) is 0 Å². The zero-order chi connectivity index (χ0) is 19.8. The second-order valence-electron chi connectivity index (χ2n) is 7.72. The van der Waals surface area contributed by atoms with Crippen molar-refractivity contribution in [2.45, 2.75) is 65.3 Å². The zero-order valence-electron chi connectivity index (χ0n) is 17.2. The highest BCUT2D eigenvalue weighted by Gasteiger charge is 2.28. The van der Waals surface area contributed by atoms with Crippen LogP contribution in [0.3, 0.4) is 0 Å². The highest BCUT2D eigenvalue weighted by molar-refractivity contribution is 5.76. The third-order valence-corrected chi connectivity index (χ3v) is 5.24. The summed E-state index contributed by atoms with van der Waals surface area (Å²) in [7, 11) is 2.10. The van der Waals surface area contributed by atoms with Crippen molar-refractivity contribution in [1.82, 2.24) is 24.8 Å². The van der Waals surface area contributed by atoms with Crippen LogP contribution in [0.1, 0.15) is 45.7 Å². The number of ether oxygens (including phenoxy) is 1. The Morgan fingerprint density at radius 2 is 2.26 bits per heavy atom. The van der Waals surface area contributed by atoms with Crippen LogP contribution in [-0.2, 0) is 22.7 Å². The van der Waals surface area contributed by atoms with Crippen LogP contribution in [0.4, 0.5) is 0 Å². The average Bonchev–Trinajstić information content (AvgIpc) is 3.08. The molecule has 0 saturated heterocycles. The predicted molar refractivity (Wildman–Crippen MR) is 103 cm³/mol. The molecule has 1 aliphatic heterocycles. The van der Waals surface area contributed by atoms with Crippen LogP contribution < -0.4 is 0 Å². The topological polar surface area (TPSA) is 83.7 Å². The van der Waals surface area contributed by atoms with Gasteiger partial charge in [0.25, 0.3) is 0 Å². The average molecular weight is 382 g/mol. The first kappa shape index (κ1) is 21.8. The van der Waals surface area contributed by atoms with E-state index in [0.717, 1.165) is 25.2 Å². The number of likely N-dealkylation sites (N-methyl/N-ethyl adjacent to an activating group) is 1. The molecule has 154 valence electrons. The van der Waals surface area contributed by atoms with E-state index in [-0.39, 0.29) is 30.6 Å². The summed E-state index contributed by atoms with van der Waals surface area (Å²) >= 11 is 0. The number of aliphatic hydroxyl groups is 1. The molecule has 0 spiro atoms. The quantitative estimate of drug-likeness (QED) is 0.796. The van der Waals surface area contributed by atoms with Crippen molar-refractivity contribution in [1.29, 1.82) is 0 Å². The highest BCUT2D eigenvalue weighted by Crippen LogP contribution is 2.18. The Kier molecular flexibility index (Phi) is 8.66. The molecule has 0 fully saturated rings. The molecule has 0 radical (unpaired) electrons. The molecule has 0 unspecified atom stereocenters. The van der Waals surface area contributed by atoms with Crippen LogP contribution in [0.25, 0.3) is 0 Å². The van der Waals surface area contributed by atoms with Crippen LogP contribution in [0.5, 0.6) is 0 Å². The van der Waals surface area contributed by atoms with E-state index in [0.29, 0.717) is 32.5 Å². The van der Waals surface area contributed by atoms with Crippen LogP contribution >= 0.6 is 0 Å². The smallest absolute Gasteiger partial charge is 0.222 e. The van der Waals surface area contributed by atoms with E-state index in [4.69, 9.17) is 4.74 Å². The SMILES string of the molecule is CCCN(C)C[C@H]1OCc2cnnn2CCCC(=O)N([C@H](C)CO)C[C@@H]1C. The van der Waals surface area contributed by atoms with E-state index in [1.165, 1.54) is 0 Å². The number of carbonyl (C=O) groups is 1. The van der Waals surface area contributed by atoms with Gasteiger partial charge in [0.1, 0.15) is 0 Å². The number of hydrogen-bond acceptors (Lipinski definition) is 6. The molecule has 27 heavy (non-hydrogen) atoms. The molecule has 1 N–H and O–H groups in total. The number of carbonyl (C=O) groups excluding carboxylic acids is 1. The van der Waals surface area contributed by atoms with E-state index in [1.54, 1.807) is 6.20 Å². The van der Waals surface area contributed by atoms with Gasteiger partial charge in [-0.2, -0.15) is 0 Å². The first-order valence-electron chi connectivity index (χ1n) is 10.0.